The zero-order chi connectivity index (χ0) is 16.4. The average Bonchev–Trinajstić information content (AvgIpc) is 2.90. The number of para-hydroxylation sites is 2. The first-order valence-corrected chi connectivity index (χ1v) is 6.74. The molecular formula is C16H11F3N2O2. The lowest BCUT2D eigenvalue weighted by atomic mass is 10.1. The lowest BCUT2D eigenvalue weighted by Crippen LogP contribution is -2.18. The van der Waals surface area contributed by atoms with Gasteiger partial charge in [-0.25, -0.2) is 0 Å². The molecule has 2 aromatic carbocycles. The fourth-order valence-corrected chi connectivity index (χ4v) is 2.25. The van der Waals surface area contributed by atoms with Crippen molar-refractivity contribution in [2.24, 2.45) is 0 Å². The summed E-state index contributed by atoms with van der Waals surface area (Å²) >= 11 is 0. The molecule has 1 heterocycles. The van der Waals surface area contributed by atoms with Gasteiger partial charge in [0.05, 0.1) is 17.7 Å². The molecule has 0 saturated carbocycles. The molecule has 3 aromatic rings. The average molecular weight is 320 g/mol. The molecule has 0 aliphatic rings. The second-order valence-corrected chi connectivity index (χ2v) is 4.89. The number of hydrogen-bond donors (Lipinski definition) is 1. The molecule has 1 N–H and O–H groups in total. The van der Waals surface area contributed by atoms with E-state index in [4.69, 9.17) is 4.52 Å². The van der Waals surface area contributed by atoms with Crippen LogP contribution in [0.1, 0.15) is 11.3 Å². The Morgan fingerprint density at radius 2 is 1.78 bits per heavy atom. The summed E-state index contributed by atoms with van der Waals surface area (Å²) in [6.45, 7) is 0. The van der Waals surface area contributed by atoms with E-state index in [-0.39, 0.29) is 12.1 Å². The van der Waals surface area contributed by atoms with E-state index < -0.39 is 17.6 Å². The van der Waals surface area contributed by atoms with Crippen LogP contribution in [0, 0.1) is 0 Å². The van der Waals surface area contributed by atoms with Gasteiger partial charge in [0, 0.05) is 5.39 Å². The molecule has 0 unspecified atom stereocenters. The van der Waals surface area contributed by atoms with Gasteiger partial charge in [-0.1, -0.05) is 29.4 Å². The number of fused-ring (bicyclic) bond motifs is 1. The molecule has 1 aromatic heterocycles. The van der Waals surface area contributed by atoms with E-state index in [1.807, 2.05) is 0 Å². The van der Waals surface area contributed by atoms with Gasteiger partial charge in [0.1, 0.15) is 5.69 Å². The molecule has 0 aliphatic carbocycles. The lowest BCUT2D eigenvalue weighted by molar-refractivity contribution is -0.137. The Kier molecular flexibility index (Phi) is 3.77. The summed E-state index contributed by atoms with van der Waals surface area (Å²) in [5.74, 6) is -0.597. The monoisotopic (exact) mass is 320 g/mol. The molecule has 0 aliphatic heterocycles. The van der Waals surface area contributed by atoms with Gasteiger partial charge in [0.15, 0.2) is 5.58 Å². The Morgan fingerprint density at radius 1 is 1.09 bits per heavy atom. The number of halogens is 3. The summed E-state index contributed by atoms with van der Waals surface area (Å²) in [6, 6.07) is 11.8. The van der Waals surface area contributed by atoms with Gasteiger partial charge < -0.3 is 9.84 Å². The number of alkyl halides is 3. The standard InChI is InChI=1S/C16H11F3N2O2/c17-16(18,19)11-6-2-3-7-12(11)20-15(22)9-13-10-5-1-4-8-14(10)23-21-13/h1-8H,9H2,(H,20,22). The number of nitrogens with one attached hydrogen (secondary N) is 1. The van der Waals surface area contributed by atoms with Crippen molar-refractivity contribution in [3.63, 3.8) is 0 Å². The second-order valence-electron chi connectivity index (χ2n) is 4.89. The molecule has 0 bridgehead atoms. The maximum absolute atomic E-state index is 12.9. The Labute approximate surface area is 128 Å². The van der Waals surface area contributed by atoms with Gasteiger partial charge in [-0.05, 0) is 24.3 Å². The van der Waals surface area contributed by atoms with Gasteiger partial charge in [0.25, 0.3) is 0 Å². The predicted octanol–water partition coefficient (Wildman–Crippen LogP) is 4.03. The second kappa shape index (κ2) is 5.75. The minimum atomic E-state index is -4.54. The molecule has 0 atom stereocenters. The molecular weight excluding hydrogens is 309 g/mol. The van der Waals surface area contributed by atoms with Gasteiger partial charge in [-0.3, -0.25) is 4.79 Å². The first-order chi connectivity index (χ1) is 10.9. The van der Waals surface area contributed by atoms with Crippen LogP contribution in [-0.4, -0.2) is 11.1 Å². The fourth-order valence-electron chi connectivity index (χ4n) is 2.25. The summed E-state index contributed by atoms with van der Waals surface area (Å²) in [7, 11) is 0. The summed E-state index contributed by atoms with van der Waals surface area (Å²) in [4.78, 5) is 12.0. The molecule has 3 rings (SSSR count). The molecule has 0 saturated heterocycles. The number of benzene rings is 2. The largest absolute Gasteiger partial charge is 0.418 e. The summed E-state index contributed by atoms with van der Waals surface area (Å²) in [5, 5.41) is 6.73. The summed E-state index contributed by atoms with van der Waals surface area (Å²) < 4.78 is 43.8. The highest BCUT2D eigenvalue weighted by atomic mass is 19.4. The summed E-state index contributed by atoms with van der Waals surface area (Å²) in [6.07, 6.45) is -4.71. The number of rotatable bonds is 3. The molecule has 0 fully saturated rings. The number of aromatic nitrogens is 1. The fraction of sp³-hybridized carbons (Fsp3) is 0.125. The van der Waals surface area contributed by atoms with E-state index in [2.05, 4.69) is 10.5 Å². The smallest absolute Gasteiger partial charge is 0.356 e. The first-order valence-electron chi connectivity index (χ1n) is 6.74. The maximum atomic E-state index is 12.9. The SMILES string of the molecule is O=C(Cc1noc2ccccc12)Nc1ccccc1C(F)(F)F. The maximum Gasteiger partial charge on any atom is 0.418 e. The number of carbonyl (C=O) groups excluding carboxylic acids is 1. The highest BCUT2D eigenvalue weighted by Crippen LogP contribution is 2.34. The number of amides is 1. The highest BCUT2D eigenvalue weighted by molar-refractivity contribution is 5.95. The number of hydrogen-bond acceptors (Lipinski definition) is 3. The molecule has 7 heteroatoms. The topological polar surface area (TPSA) is 55.1 Å². The first kappa shape index (κ1) is 15.1. The van der Waals surface area contributed by atoms with E-state index >= 15 is 0 Å². The van der Waals surface area contributed by atoms with E-state index in [1.165, 1.54) is 18.2 Å². The minimum absolute atomic E-state index is 0.177. The molecule has 0 radical (unpaired) electrons. The van der Waals surface area contributed by atoms with Gasteiger partial charge >= 0.3 is 6.18 Å². The van der Waals surface area contributed by atoms with Crippen LogP contribution in [0.5, 0.6) is 0 Å². The minimum Gasteiger partial charge on any atom is -0.356 e. The van der Waals surface area contributed by atoms with Crippen LogP contribution in [0.15, 0.2) is 53.1 Å². The van der Waals surface area contributed by atoms with Crippen LogP contribution < -0.4 is 5.32 Å². The Hall–Kier alpha value is -2.83. The van der Waals surface area contributed by atoms with Crippen molar-refractivity contribution in [2.45, 2.75) is 12.6 Å². The van der Waals surface area contributed by atoms with Gasteiger partial charge in [-0.15, -0.1) is 0 Å². The normalized spacial score (nSPS) is 11.6. The Morgan fingerprint density at radius 3 is 2.57 bits per heavy atom. The van der Waals surface area contributed by atoms with Crippen molar-refractivity contribution in [3.05, 3.63) is 59.8 Å². The zero-order valence-electron chi connectivity index (χ0n) is 11.7. The van der Waals surface area contributed by atoms with Crippen molar-refractivity contribution in [1.29, 1.82) is 0 Å². The third-order valence-corrected chi connectivity index (χ3v) is 3.29. The van der Waals surface area contributed by atoms with E-state index in [9.17, 15) is 18.0 Å². The third-order valence-electron chi connectivity index (χ3n) is 3.29. The number of carbonyl (C=O) groups is 1. The summed E-state index contributed by atoms with van der Waals surface area (Å²) in [5.41, 5.74) is -0.273. The highest BCUT2D eigenvalue weighted by Gasteiger charge is 2.33. The molecule has 4 nitrogen and oxygen atoms in total. The van der Waals surface area contributed by atoms with Crippen molar-refractivity contribution in [3.8, 4) is 0 Å². The van der Waals surface area contributed by atoms with Gasteiger partial charge in [0.2, 0.25) is 5.91 Å². The van der Waals surface area contributed by atoms with E-state index in [0.29, 0.717) is 16.7 Å². The van der Waals surface area contributed by atoms with Crippen molar-refractivity contribution < 1.29 is 22.5 Å². The van der Waals surface area contributed by atoms with E-state index in [1.54, 1.807) is 24.3 Å². The van der Waals surface area contributed by atoms with Gasteiger partial charge in [-0.2, -0.15) is 13.2 Å². The lowest BCUT2D eigenvalue weighted by Gasteiger charge is -2.13. The van der Waals surface area contributed by atoms with Crippen LogP contribution in [0.25, 0.3) is 11.0 Å². The van der Waals surface area contributed by atoms with Crippen LogP contribution in [0.2, 0.25) is 0 Å². The van der Waals surface area contributed by atoms with Crippen molar-refractivity contribution >= 4 is 22.6 Å². The van der Waals surface area contributed by atoms with Crippen molar-refractivity contribution in [1.82, 2.24) is 5.16 Å². The molecule has 23 heavy (non-hydrogen) atoms. The Balaban J connectivity index is 1.81. The van der Waals surface area contributed by atoms with Crippen LogP contribution in [-0.2, 0) is 17.4 Å². The van der Waals surface area contributed by atoms with Crippen LogP contribution in [0.4, 0.5) is 18.9 Å². The number of anilines is 1. The van der Waals surface area contributed by atoms with Crippen LogP contribution in [0.3, 0.4) is 0 Å². The molecule has 0 spiro atoms. The third kappa shape index (κ3) is 3.18. The van der Waals surface area contributed by atoms with Crippen molar-refractivity contribution in [2.75, 3.05) is 5.32 Å². The van der Waals surface area contributed by atoms with Crippen LogP contribution >= 0.6 is 0 Å². The molecule has 118 valence electrons. The molecule has 1 amide bonds. The number of nitrogens with zero attached hydrogens (tertiary/aromatic N) is 1. The van der Waals surface area contributed by atoms with E-state index in [0.717, 1.165) is 6.07 Å². The Bertz CT molecular complexity index is 856. The predicted molar refractivity (Wildman–Crippen MR) is 77.8 cm³/mol. The zero-order valence-corrected chi connectivity index (χ0v) is 11.7. The quantitative estimate of drug-likeness (QED) is 0.793.